The highest BCUT2D eigenvalue weighted by Gasteiger charge is 2.54. The maximum atomic E-state index is 11.5. The van der Waals surface area contributed by atoms with Crippen molar-refractivity contribution in [2.24, 2.45) is 0 Å². The molecule has 0 radical (unpaired) electrons. The van der Waals surface area contributed by atoms with Crippen LogP contribution in [-0.2, 0) is 11.8 Å². The number of para-hydroxylation sites is 1. The van der Waals surface area contributed by atoms with Crippen LogP contribution < -0.4 is 4.90 Å². The Morgan fingerprint density at radius 1 is 1.20 bits per heavy atom. The predicted octanol–water partition coefficient (Wildman–Crippen LogP) is 3.35. The molecule has 1 heterocycles. The third-order valence-corrected chi connectivity index (χ3v) is 5.51. The summed E-state index contributed by atoms with van der Waals surface area (Å²) in [6.07, 6.45) is 0.658. The van der Waals surface area contributed by atoms with E-state index in [0.29, 0.717) is 18.4 Å². The molecular weight excluding hydrogens is 320 g/mol. The lowest BCUT2D eigenvalue weighted by Gasteiger charge is -2.42. The van der Waals surface area contributed by atoms with Gasteiger partial charge < -0.3 is 15.1 Å². The van der Waals surface area contributed by atoms with E-state index in [0.717, 1.165) is 11.3 Å². The number of phenolic OH excluding ortho intramolecular Hbond substituents is 1. The Labute approximate surface area is 146 Å². The molecule has 2 aromatic carbocycles. The van der Waals surface area contributed by atoms with Gasteiger partial charge in [-0.25, -0.2) is 0 Å². The number of nitro groups is 1. The van der Waals surface area contributed by atoms with Gasteiger partial charge in [0.1, 0.15) is 11.5 Å². The van der Waals surface area contributed by atoms with Gasteiger partial charge >= 0.3 is 0 Å². The zero-order valence-corrected chi connectivity index (χ0v) is 14.6. The summed E-state index contributed by atoms with van der Waals surface area (Å²) in [5, 5.41) is 32.4. The number of aliphatic hydroxyl groups is 1. The van der Waals surface area contributed by atoms with Gasteiger partial charge in [0.05, 0.1) is 4.92 Å². The van der Waals surface area contributed by atoms with E-state index >= 15 is 0 Å². The number of benzene rings is 2. The Balaban J connectivity index is 1.91. The number of hydrogen-bond acceptors (Lipinski definition) is 5. The smallest absolute Gasteiger partial charge is 0.269 e. The number of phenols is 1. The number of likely N-dealkylation sites (N-methyl/N-ethyl adjacent to an activating group) is 1. The molecule has 3 rings (SSSR count). The van der Waals surface area contributed by atoms with Gasteiger partial charge in [0.2, 0.25) is 0 Å². The maximum absolute atomic E-state index is 11.5. The summed E-state index contributed by atoms with van der Waals surface area (Å²) in [6, 6.07) is 11.8. The van der Waals surface area contributed by atoms with Gasteiger partial charge in [-0.3, -0.25) is 10.1 Å². The molecule has 0 fully saturated rings. The van der Waals surface area contributed by atoms with Crippen molar-refractivity contribution in [3.05, 3.63) is 63.7 Å². The Bertz CT molecular complexity index is 834. The Hall–Kier alpha value is -2.60. The molecule has 25 heavy (non-hydrogen) atoms. The standard InChI is InChI=1S/C19H22N2O4/c1-18(2)15-6-4-5-7-16(15)20(3)19(18,23)11-10-13-12-14(21(24)25)8-9-17(13)22/h4-9,12,22-23H,10-11H2,1-3H3. The highest BCUT2D eigenvalue weighted by atomic mass is 16.6. The van der Waals surface area contributed by atoms with Crippen LogP contribution in [0.15, 0.2) is 42.5 Å². The summed E-state index contributed by atoms with van der Waals surface area (Å²) in [5.74, 6) is 0.00479. The second-order valence-electron chi connectivity index (χ2n) is 7.09. The van der Waals surface area contributed by atoms with Gasteiger partial charge in [-0.15, -0.1) is 0 Å². The number of aryl methyl sites for hydroxylation is 1. The molecule has 0 aliphatic carbocycles. The first-order chi connectivity index (χ1) is 11.7. The number of non-ortho nitro benzene ring substituents is 1. The second-order valence-corrected chi connectivity index (χ2v) is 7.09. The van der Waals surface area contributed by atoms with E-state index < -0.39 is 16.1 Å². The van der Waals surface area contributed by atoms with Gasteiger partial charge in [-0.2, -0.15) is 0 Å². The molecule has 1 unspecified atom stereocenters. The summed E-state index contributed by atoms with van der Waals surface area (Å²) in [4.78, 5) is 12.3. The predicted molar refractivity (Wildman–Crippen MR) is 95.9 cm³/mol. The minimum absolute atomic E-state index is 0.00479. The van der Waals surface area contributed by atoms with E-state index in [1.165, 1.54) is 18.2 Å². The summed E-state index contributed by atoms with van der Waals surface area (Å²) >= 11 is 0. The Morgan fingerprint density at radius 3 is 2.52 bits per heavy atom. The van der Waals surface area contributed by atoms with E-state index in [1.807, 2.05) is 50.1 Å². The van der Waals surface area contributed by atoms with E-state index in [1.54, 1.807) is 0 Å². The fraction of sp³-hybridized carbons (Fsp3) is 0.368. The zero-order valence-electron chi connectivity index (χ0n) is 14.6. The van der Waals surface area contributed by atoms with Crippen LogP contribution in [0.5, 0.6) is 5.75 Å². The molecule has 6 heteroatoms. The number of hydrogen-bond donors (Lipinski definition) is 2. The number of anilines is 1. The normalized spacial score (nSPS) is 21.2. The average molecular weight is 342 g/mol. The Morgan fingerprint density at radius 2 is 1.88 bits per heavy atom. The van der Waals surface area contributed by atoms with Gasteiger partial charge in [0, 0.05) is 42.3 Å². The van der Waals surface area contributed by atoms with E-state index in [4.69, 9.17) is 0 Å². The molecule has 2 N–H and O–H groups in total. The molecule has 1 aliphatic rings. The van der Waals surface area contributed by atoms with Crippen molar-refractivity contribution in [1.82, 2.24) is 0 Å². The van der Waals surface area contributed by atoms with Crippen LogP contribution in [-0.4, -0.2) is 27.9 Å². The Kier molecular flexibility index (Phi) is 3.95. The minimum atomic E-state index is -1.16. The average Bonchev–Trinajstić information content (AvgIpc) is 2.73. The molecule has 0 saturated heterocycles. The van der Waals surface area contributed by atoms with Crippen molar-refractivity contribution in [2.75, 3.05) is 11.9 Å². The first-order valence-electron chi connectivity index (χ1n) is 8.20. The number of fused-ring (bicyclic) bond motifs is 1. The van der Waals surface area contributed by atoms with E-state index in [-0.39, 0.29) is 11.4 Å². The highest BCUT2D eigenvalue weighted by Crippen LogP contribution is 2.51. The van der Waals surface area contributed by atoms with Crippen LogP contribution in [0.3, 0.4) is 0 Å². The van der Waals surface area contributed by atoms with Crippen molar-refractivity contribution in [2.45, 2.75) is 37.8 Å². The molecule has 0 saturated carbocycles. The van der Waals surface area contributed by atoms with Gasteiger partial charge in [-0.1, -0.05) is 32.0 Å². The molecular formula is C19H22N2O4. The quantitative estimate of drug-likeness (QED) is 0.657. The first-order valence-corrected chi connectivity index (χ1v) is 8.20. The summed E-state index contributed by atoms with van der Waals surface area (Å²) in [7, 11) is 1.85. The first kappa shape index (κ1) is 17.2. The van der Waals surface area contributed by atoms with Crippen LogP contribution in [0, 0.1) is 10.1 Å². The summed E-state index contributed by atoms with van der Waals surface area (Å²) in [5.41, 5.74) is 0.744. The van der Waals surface area contributed by atoms with Crippen LogP contribution in [0.25, 0.3) is 0 Å². The molecule has 1 aliphatic heterocycles. The molecule has 6 nitrogen and oxygen atoms in total. The molecule has 0 aromatic heterocycles. The van der Waals surface area contributed by atoms with Crippen molar-refractivity contribution in [3.8, 4) is 5.75 Å². The number of nitrogens with zero attached hydrogens (tertiary/aromatic N) is 2. The number of nitro benzene ring substituents is 1. The van der Waals surface area contributed by atoms with Crippen molar-refractivity contribution in [1.29, 1.82) is 0 Å². The van der Waals surface area contributed by atoms with Gasteiger partial charge in [-0.05, 0) is 24.1 Å². The lowest BCUT2D eigenvalue weighted by Crippen LogP contribution is -2.54. The topological polar surface area (TPSA) is 86.8 Å². The lowest BCUT2D eigenvalue weighted by molar-refractivity contribution is -0.384. The zero-order chi connectivity index (χ0) is 18.4. The number of aromatic hydroxyl groups is 1. The largest absolute Gasteiger partial charge is 0.508 e. The second kappa shape index (κ2) is 5.74. The third kappa shape index (κ3) is 2.53. The van der Waals surface area contributed by atoms with Gasteiger partial charge in [0.25, 0.3) is 5.69 Å². The van der Waals surface area contributed by atoms with Crippen molar-refractivity contribution < 1.29 is 15.1 Å². The molecule has 0 bridgehead atoms. The minimum Gasteiger partial charge on any atom is -0.508 e. The highest BCUT2D eigenvalue weighted by molar-refractivity contribution is 5.64. The van der Waals surface area contributed by atoms with Crippen molar-refractivity contribution in [3.63, 3.8) is 0 Å². The van der Waals surface area contributed by atoms with Crippen molar-refractivity contribution >= 4 is 11.4 Å². The fourth-order valence-corrected chi connectivity index (χ4v) is 3.80. The third-order valence-electron chi connectivity index (χ3n) is 5.51. The molecule has 0 spiro atoms. The van der Waals surface area contributed by atoms with Crippen LogP contribution in [0.1, 0.15) is 31.4 Å². The number of rotatable bonds is 4. The monoisotopic (exact) mass is 342 g/mol. The van der Waals surface area contributed by atoms with E-state index in [9.17, 15) is 20.3 Å². The molecule has 0 amide bonds. The SMILES string of the molecule is CN1c2ccccc2C(C)(C)C1(O)CCc1cc([N+](=O)[O-])ccc1O. The summed E-state index contributed by atoms with van der Waals surface area (Å²) < 4.78 is 0. The molecule has 2 aromatic rings. The summed E-state index contributed by atoms with van der Waals surface area (Å²) in [6.45, 7) is 3.98. The van der Waals surface area contributed by atoms with Crippen LogP contribution in [0.2, 0.25) is 0 Å². The molecule has 1 atom stereocenters. The fourth-order valence-electron chi connectivity index (χ4n) is 3.80. The van der Waals surface area contributed by atoms with E-state index in [2.05, 4.69) is 0 Å². The van der Waals surface area contributed by atoms with Gasteiger partial charge in [0.15, 0.2) is 0 Å². The molecule has 132 valence electrons. The maximum Gasteiger partial charge on any atom is 0.269 e. The van der Waals surface area contributed by atoms with Crippen LogP contribution in [0.4, 0.5) is 11.4 Å². The lowest BCUT2D eigenvalue weighted by atomic mass is 9.75. The van der Waals surface area contributed by atoms with Crippen LogP contribution >= 0.6 is 0 Å².